The highest BCUT2D eigenvalue weighted by atomic mass is 14.9. The van der Waals surface area contributed by atoms with Gasteiger partial charge < -0.3 is 9.88 Å². The lowest BCUT2D eigenvalue weighted by molar-refractivity contribution is 0.553. The second-order valence-electron chi connectivity index (χ2n) is 4.81. The summed E-state index contributed by atoms with van der Waals surface area (Å²) in [6.07, 6.45) is 2.22. The molecule has 0 saturated heterocycles. The molecule has 2 aromatic rings. The van der Waals surface area contributed by atoms with Crippen molar-refractivity contribution in [2.75, 3.05) is 6.54 Å². The fourth-order valence-electron chi connectivity index (χ4n) is 2.06. The van der Waals surface area contributed by atoms with E-state index in [2.05, 4.69) is 61.2 Å². The first kappa shape index (κ1) is 14.8. The average Bonchev–Trinajstić information content (AvgIpc) is 2.69. The minimum Gasteiger partial charge on any atom is -0.350 e. The number of nitrogens with zero attached hydrogens (tertiary/aromatic N) is 1. The minimum absolute atomic E-state index is 0.704. The third-order valence-electron chi connectivity index (χ3n) is 2.85. The van der Waals surface area contributed by atoms with Crippen LogP contribution < -0.4 is 5.32 Å². The van der Waals surface area contributed by atoms with E-state index in [1.807, 2.05) is 13.8 Å². The first-order valence-electron chi connectivity index (χ1n) is 6.92. The number of hydrogen-bond donors (Lipinski definition) is 1. The van der Waals surface area contributed by atoms with Gasteiger partial charge in [-0.3, -0.25) is 0 Å². The Morgan fingerprint density at radius 3 is 2.50 bits per heavy atom. The Balaban J connectivity index is 0.000000771. The Bertz CT molecular complexity index is 469. The predicted molar refractivity (Wildman–Crippen MR) is 80.8 cm³/mol. The van der Waals surface area contributed by atoms with Crippen LogP contribution in [-0.2, 0) is 13.6 Å². The van der Waals surface area contributed by atoms with E-state index >= 15 is 0 Å². The molecule has 1 N–H and O–H groups in total. The van der Waals surface area contributed by atoms with Crippen molar-refractivity contribution in [1.82, 2.24) is 9.88 Å². The normalized spacial score (nSPS) is 10.6. The van der Waals surface area contributed by atoms with Gasteiger partial charge in [0.1, 0.15) is 0 Å². The van der Waals surface area contributed by atoms with E-state index in [0.29, 0.717) is 5.92 Å². The molecule has 0 atom stereocenters. The number of hydrogen-bond acceptors (Lipinski definition) is 1. The molecule has 0 radical (unpaired) electrons. The van der Waals surface area contributed by atoms with Crippen molar-refractivity contribution in [3.05, 3.63) is 36.0 Å². The second-order valence-corrected chi connectivity index (χ2v) is 4.81. The zero-order valence-corrected chi connectivity index (χ0v) is 12.3. The molecule has 2 heteroatoms. The van der Waals surface area contributed by atoms with Gasteiger partial charge in [-0.2, -0.15) is 0 Å². The summed E-state index contributed by atoms with van der Waals surface area (Å²) in [6, 6.07) is 8.56. The van der Waals surface area contributed by atoms with E-state index in [9.17, 15) is 0 Å². The molecule has 1 aromatic carbocycles. The Kier molecular flexibility index (Phi) is 5.93. The van der Waals surface area contributed by atoms with E-state index in [1.54, 1.807) is 0 Å². The topological polar surface area (TPSA) is 17.0 Å². The summed E-state index contributed by atoms with van der Waals surface area (Å²) < 4.78 is 2.20. The second kappa shape index (κ2) is 7.22. The maximum atomic E-state index is 3.49. The van der Waals surface area contributed by atoms with Crippen molar-refractivity contribution >= 4 is 10.9 Å². The largest absolute Gasteiger partial charge is 0.350 e. The number of para-hydroxylation sites is 1. The Morgan fingerprint density at radius 2 is 1.83 bits per heavy atom. The molecule has 18 heavy (non-hydrogen) atoms. The van der Waals surface area contributed by atoms with Crippen molar-refractivity contribution in [3.8, 4) is 0 Å². The summed E-state index contributed by atoms with van der Waals surface area (Å²) in [5, 5.41) is 4.86. The number of aryl methyl sites for hydroxylation is 1. The average molecular weight is 246 g/mol. The predicted octanol–water partition coefficient (Wildman–Crippen LogP) is 3.95. The van der Waals surface area contributed by atoms with Crippen LogP contribution in [0.5, 0.6) is 0 Å². The highest BCUT2D eigenvalue weighted by Crippen LogP contribution is 2.19. The molecular weight excluding hydrogens is 220 g/mol. The van der Waals surface area contributed by atoms with Crippen molar-refractivity contribution < 1.29 is 0 Å². The van der Waals surface area contributed by atoms with E-state index in [-0.39, 0.29) is 0 Å². The standard InChI is InChI=1S/C14H20N2.C2H6/c1-11(2)8-15-9-12-10-16(3)14-7-5-4-6-13(12)14;1-2/h4-7,10-11,15H,8-9H2,1-3H3;1-2H3. The van der Waals surface area contributed by atoms with Gasteiger partial charge in [-0.15, -0.1) is 0 Å². The zero-order chi connectivity index (χ0) is 13.5. The lowest BCUT2D eigenvalue weighted by Crippen LogP contribution is -2.18. The van der Waals surface area contributed by atoms with Gasteiger partial charge in [0.25, 0.3) is 0 Å². The summed E-state index contributed by atoms with van der Waals surface area (Å²) in [7, 11) is 2.11. The molecule has 0 aliphatic heterocycles. The van der Waals surface area contributed by atoms with Crippen molar-refractivity contribution in [2.24, 2.45) is 13.0 Å². The summed E-state index contributed by atoms with van der Waals surface area (Å²) >= 11 is 0. The van der Waals surface area contributed by atoms with Crippen LogP contribution in [0.1, 0.15) is 33.3 Å². The minimum atomic E-state index is 0.704. The number of benzene rings is 1. The molecule has 0 unspecified atom stereocenters. The quantitative estimate of drug-likeness (QED) is 0.864. The fraction of sp³-hybridized carbons (Fsp3) is 0.500. The Labute approximate surface area is 111 Å². The van der Waals surface area contributed by atoms with Crippen LogP contribution in [-0.4, -0.2) is 11.1 Å². The van der Waals surface area contributed by atoms with Gasteiger partial charge in [-0.1, -0.05) is 45.9 Å². The van der Waals surface area contributed by atoms with Crippen LogP contribution in [0.2, 0.25) is 0 Å². The van der Waals surface area contributed by atoms with Crippen molar-refractivity contribution in [1.29, 1.82) is 0 Å². The molecule has 2 nitrogen and oxygen atoms in total. The molecule has 0 amide bonds. The molecular formula is C16H26N2. The lowest BCUT2D eigenvalue weighted by atomic mass is 10.1. The molecule has 0 fully saturated rings. The van der Waals surface area contributed by atoms with Crippen LogP contribution in [0.15, 0.2) is 30.5 Å². The summed E-state index contributed by atoms with van der Waals surface area (Å²) in [4.78, 5) is 0. The van der Waals surface area contributed by atoms with E-state index in [0.717, 1.165) is 13.1 Å². The SMILES string of the molecule is CC.CC(C)CNCc1cn(C)c2ccccc12. The first-order valence-corrected chi connectivity index (χ1v) is 6.92. The molecule has 0 spiro atoms. The van der Waals surface area contributed by atoms with Gasteiger partial charge in [0.05, 0.1) is 0 Å². The number of rotatable bonds is 4. The van der Waals surface area contributed by atoms with Crippen LogP contribution in [0.4, 0.5) is 0 Å². The smallest absolute Gasteiger partial charge is 0.0481 e. The third-order valence-corrected chi connectivity index (χ3v) is 2.85. The number of nitrogens with one attached hydrogen (secondary N) is 1. The first-order chi connectivity index (χ1) is 8.68. The molecule has 2 rings (SSSR count). The van der Waals surface area contributed by atoms with Crippen molar-refractivity contribution in [3.63, 3.8) is 0 Å². The van der Waals surface area contributed by atoms with E-state index in [1.165, 1.54) is 16.5 Å². The van der Waals surface area contributed by atoms with E-state index in [4.69, 9.17) is 0 Å². The summed E-state index contributed by atoms with van der Waals surface area (Å²) in [5.41, 5.74) is 2.70. The highest BCUT2D eigenvalue weighted by molar-refractivity contribution is 5.83. The molecule has 1 aromatic heterocycles. The zero-order valence-electron chi connectivity index (χ0n) is 12.3. The van der Waals surface area contributed by atoms with E-state index < -0.39 is 0 Å². The van der Waals surface area contributed by atoms with Gasteiger partial charge in [0.15, 0.2) is 0 Å². The van der Waals surface area contributed by atoms with Gasteiger partial charge in [0, 0.05) is 30.7 Å². The molecule has 0 bridgehead atoms. The Morgan fingerprint density at radius 1 is 1.17 bits per heavy atom. The fourth-order valence-corrected chi connectivity index (χ4v) is 2.06. The number of aromatic nitrogens is 1. The van der Waals surface area contributed by atoms with Crippen LogP contribution >= 0.6 is 0 Å². The maximum absolute atomic E-state index is 3.49. The molecule has 1 heterocycles. The highest BCUT2D eigenvalue weighted by Gasteiger charge is 2.05. The van der Waals surface area contributed by atoms with Gasteiger partial charge in [-0.05, 0) is 24.1 Å². The van der Waals surface area contributed by atoms with Crippen LogP contribution in [0.3, 0.4) is 0 Å². The van der Waals surface area contributed by atoms with Crippen molar-refractivity contribution in [2.45, 2.75) is 34.2 Å². The summed E-state index contributed by atoms with van der Waals surface area (Å²) in [5.74, 6) is 0.704. The van der Waals surface area contributed by atoms with Crippen LogP contribution in [0, 0.1) is 5.92 Å². The molecule has 0 aliphatic carbocycles. The molecule has 0 saturated carbocycles. The van der Waals surface area contributed by atoms with Gasteiger partial charge >= 0.3 is 0 Å². The lowest BCUT2D eigenvalue weighted by Gasteiger charge is -2.06. The third kappa shape index (κ3) is 3.61. The monoisotopic (exact) mass is 246 g/mol. The molecule has 0 aliphatic rings. The molecule has 100 valence electrons. The summed E-state index contributed by atoms with van der Waals surface area (Å²) in [6.45, 7) is 10.5. The Hall–Kier alpha value is -1.28. The maximum Gasteiger partial charge on any atom is 0.0481 e. The van der Waals surface area contributed by atoms with Gasteiger partial charge in [-0.25, -0.2) is 0 Å². The number of fused-ring (bicyclic) bond motifs is 1. The van der Waals surface area contributed by atoms with Crippen LogP contribution in [0.25, 0.3) is 10.9 Å². The van der Waals surface area contributed by atoms with Gasteiger partial charge in [0.2, 0.25) is 0 Å².